The van der Waals surface area contributed by atoms with E-state index in [-0.39, 0.29) is 18.6 Å². The highest BCUT2D eigenvalue weighted by Crippen LogP contribution is 2.17. The molecule has 1 fully saturated rings. The number of amides is 2. The molecule has 0 aromatic heterocycles. The van der Waals surface area contributed by atoms with Crippen molar-refractivity contribution in [1.29, 1.82) is 0 Å². The Labute approximate surface area is 123 Å². The zero-order chi connectivity index (χ0) is 15.2. The Morgan fingerprint density at radius 3 is 2.67 bits per heavy atom. The molecule has 1 aliphatic rings. The lowest BCUT2D eigenvalue weighted by atomic mass is 10.2. The van der Waals surface area contributed by atoms with Gasteiger partial charge in [0.15, 0.2) is 0 Å². The van der Waals surface area contributed by atoms with Gasteiger partial charge >= 0.3 is 0 Å². The number of hydrogen-bond donors (Lipinski definition) is 3. The average molecular weight is 291 g/mol. The van der Waals surface area contributed by atoms with Gasteiger partial charge in [-0.2, -0.15) is 0 Å². The van der Waals surface area contributed by atoms with Gasteiger partial charge in [0.1, 0.15) is 0 Å². The second kappa shape index (κ2) is 7.19. The van der Waals surface area contributed by atoms with E-state index in [1.54, 1.807) is 24.3 Å². The van der Waals surface area contributed by atoms with Crippen LogP contribution >= 0.6 is 0 Å². The molecular weight excluding hydrogens is 270 g/mol. The number of aliphatic hydroxyl groups is 1. The largest absolute Gasteiger partial charge is 0.395 e. The number of carbonyl (C=O) groups excluding carboxylic acids is 2. The van der Waals surface area contributed by atoms with Crippen LogP contribution in [0.15, 0.2) is 24.3 Å². The molecular formula is C15H21N3O3. The smallest absolute Gasteiger partial charge is 0.248 e. The molecule has 0 unspecified atom stereocenters. The topological polar surface area (TPSA) is 95.7 Å². The van der Waals surface area contributed by atoms with Crippen molar-refractivity contribution in [1.82, 2.24) is 4.90 Å². The van der Waals surface area contributed by atoms with Gasteiger partial charge in [0.2, 0.25) is 11.8 Å². The Bertz CT molecular complexity index is 501. The number of rotatable bonds is 6. The van der Waals surface area contributed by atoms with Crippen LogP contribution in [0.25, 0.3) is 0 Å². The number of anilines is 1. The quantitative estimate of drug-likeness (QED) is 0.714. The van der Waals surface area contributed by atoms with Crippen molar-refractivity contribution >= 4 is 17.5 Å². The molecule has 2 rings (SSSR count). The van der Waals surface area contributed by atoms with Crippen molar-refractivity contribution in [3.63, 3.8) is 0 Å². The van der Waals surface area contributed by atoms with Gasteiger partial charge in [0.25, 0.3) is 0 Å². The summed E-state index contributed by atoms with van der Waals surface area (Å²) in [6.45, 7) is 1.73. The molecule has 1 aromatic carbocycles. The van der Waals surface area contributed by atoms with E-state index in [1.165, 1.54) is 0 Å². The van der Waals surface area contributed by atoms with Gasteiger partial charge in [-0.1, -0.05) is 0 Å². The van der Waals surface area contributed by atoms with Crippen molar-refractivity contribution in [2.24, 2.45) is 5.73 Å². The Balaban J connectivity index is 1.80. The highest BCUT2D eigenvalue weighted by Gasteiger charge is 2.23. The third-order valence-corrected chi connectivity index (χ3v) is 3.79. The van der Waals surface area contributed by atoms with Gasteiger partial charge in [-0.05, 0) is 43.7 Å². The van der Waals surface area contributed by atoms with E-state index in [1.807, 2.05) is 0 Å². The van der Waals surface area contributed by atoms with Gasteiger partial charge in [-0.3, -0.25) is 14.5 Å². The van der Waals surface area contributed by atoms with Crippen LogP contribution in [0.2, 0.25) is 0 Å². The number of aliphatic hydroxyl groups excluding tert-OH is 1. The molecule has 1 atom stereocenters. The summed E-state index contributed by atoms with van der Waals surface area (Å²) in [5, 5.41) is 12.0. The standard InChI is InChI=1S/C15H21N3O3/c16-15(21)11-3-5-12(6-4-11)17-14(20)7-9-18-8-1-2-13(18)10-19/h3-6,13,19H,1-2,7-10H2,(H2,16,21)(H,17,20)/t13-/m0/s1. The second-order valence-electron chi connectivity index (χ2n) is 5.25. The van der Waals surface area contributed by atoms with Crippen molar-refractivity contribution in [3.8, 4) is 0 Å². The Hall–Kier alpha value is -1.92. The summed E-state index contributed by atoms with van der Waals surface area (Å²) < 4.78 is 0. The fourth-order valence-electron chi connectivity index (χ4n) is 2.58. The molecule has 1 saturated heterocycles. The molecule has 1 aliphatic heterocycles. The molecule has 4 N–H and O–H groups in total. The number of primary amides is 1. The molecule has 6 nitrogen and oxygen atoms in total. The predicted molar refractivity (Wildman–Crippen MR) is 79.9 cm³/mol. The summed E-state index contributed by atoms with van der Waals surface area (Å²) in [7, 11) is 0. The molecule has 0 aliphatic carbocycles. The van der Waals surface area contributed by atoms with Crippen LogP contribution in [0, 0.1) is 0 Å². The fourth-order valence-corrected chi connectivity index (χ4v) is 2.58. The highest BCUT2D eigenvalue weighted by molar-refractivity contribution is 5.94. The first-order chi connectivity index (χ1) is 10.1. The first-order valence-electron chi connectivity index (χ1n) is 7.15. The van der Waals surface area contributed by atoms with E-state index in [2.05, 4.69) is 10.2 Å². The molecule has 6 heteroatoms. The molecule has 0 radical (unpaired) electrons. The van der Waals surface area contributed by atoms with Crippen molar-refractivity contribution in [3.05, 3.63) is 29.8 Å². The SMILES string of the molecule is NC(=O)c1ccc(NC(=O)CCN2CCC[C@H]2CO)cc1. The Morgan fingerprint density at radius 2 is 2.05 bits per heavy atom. The Kier molecular flexibility index (Phi) is 5.30. The lowest BCUT2D eigenvalue weighted by Gasteiger charge is -2.22. The number of nitrogens with zero attached hydrogens (tertiary/aromatic N) is 1. The van der Waals surface area contributed by atoms with Crippen molar-refractivity contribution < 1.29 is 14.7 Å². The minimum Gasteiger partial charge on any atom is -0.395 e. The van der Waals surface area contributed by atoms with Gasteiger partial charge in [-0.25, -0.2) is 0 Å². The van der Waals surface area contributed by atoms with E-state index in [0.717, 1.165) is 19.4 Å². The number of nitrogens with one attached hydrogen (secondary N) is 1. The summed E-state index contributed by atoms with van der Waals surface area (Å²) in [6.07, 6.45) is 2.45. The first-order valence-corrected chi connectivity index (χ1v) is 7.15. The lowest BCUT2D eigenvalue weighted by molar-refractivity contribution is -0.116. The first kappa shape index (κ1) is 15.5. The molecule has 114 valence electrons. The zero-order valence-electron chi connectivity index (χ0n) is 11.9. The van der Waals surface area contributed by atoms with Crippen molar-refractivity contribution in [2.75, 3.05) is 25.0 Å². The number of hydrogen-bond acceptors (Lipinski definition) is 4. The van der Waals surface area contributed by atoms with Crippen LogP contribution in [0.3, 0.4) is 0 Å². The van der Waals surface area contributed by atoms with Gasteiger partial charge < -0.3 is 16.2 Å². The van der Waals surface area contributed by atoms with Crippen LogP contribution in [0.1, 0.15) is 29.6 Å². The number of benzene rings is 1. The molecule has 0 bridgehead atoms. The maximum atomic E-state index is 11.9. The number of carbonyl (C=O) groups is 2. The third kappa shape index (κ3) is 4.27. The van der Waals surface area contributed by atoms with E-state index in [4.69, 9.17) is 5.73 Å². The number of likely N-dealkylation sites (tertiary alicyclic amines) is 1. The summed E-state index contributed by atoms with van der Waals surface area (Å²) in [4.78, 5) is 25.0. The third-order valence-electron chi connectivity index (χ3n) is 3.79. The monoisotopic (exact) mass is 291 g/mol. The predicted octanol–water partition coefficient (Wildman–Crippen LogP) is 0.571. The second-order valence-corrected chi connectivity index (χ2v) is 5.25. The molecule has 1 heterocycles. The minimum atomic E-state index is -0.489. The molecule has 21 heavy (non-hydrogen) atoms. The van der Waals surface area contributed by atoms with Gasteiger partial charge in [-0.15, -0.1) is 0 Å². The van der Waals surface area contributed by atoms with Gasteiger partial charge in [0.05, 0.1) is 6.61 Å². The average Bonchev–Trinajstić information content (AvgIpc) is 2.93. The molecule has 1 aromatic rings. The highest BCUT2D eigenvalue weighted by atomic mass is 16.3. The summed E-state index contributed by atoms with van der Waals surface area (Å²) in [5.74, 6) is -0.567. The van der Waals surface area contributed by atoms with Crippen LogP contribution in [-0.4, -0.2) is 47.6 Å². The molecule has 2 amide bonds. The molecule has 0 saturated carbocycles. The Morgan fingerprint density at radius 1 is 1.33 bits per heavy atom. The normalized spacial score (nSPS) is 18.6. The van der Waals surface area contributed by atoms with Crippen LogP contribution in [-0.2, 0) is 4.79 Å². The van der Waals surface area contributed by atoms with Crippen molar-refractivity contribution in [2.45, 2.75) is 25.3 Å². The van der Waals surface area contributed by atoms with E-state index in [0.29, 0.717) is 24.2 Å². The van der Waals surface area contributed by atoms with Crippen LogP contribution in [0.5, 0.6) is 0 Å². The van der Waals surface area contributed by atoms with Gasteiger partial charge in [0, 0.05) is 30.3 Å². The fraction of sp³-hybridized carbons (Fsp3) is 0.467. The summed E-state index contributed by atoms with van der Waals surface area (Å²) in [6, 6.07) is 6.67. The number of nitrogens with two attached hydrogens (primary N) is 1. The minimum absolute atomic E-state index is 0.0783. The van der Waals surface area contributed by atoms with Crippen LogP contribution in [0.4, 0.5) is 5.69 Å². The van der Waals surface area contributed by atoms with E-state index >= 15 is 0 Å². The summed E-state index contributed by atoms with van der Waals surface area (Å²) >= 11 is 0. The summed E-state index contributed by atoms with van der Waals surface area (Å²) in [5.41, 5.74) is 6.21. The zero-order valence-corrected chi connectivity index (χ0v) is 11.9. The van der Waals surface area contributed by atoms with Crippen LogP contribution < -0.4 is 11.1 Å². The maximum absolute atomic E-state index is 11.9. The molecule has 0 spiro atoms. The van der Waals surface area contributed by atoms with E-state index in [9.17, 15) is 14.7 Å². The maximum Gasteiger partial charge on any atom is 0.248 e. The lowest BCUT2D eigenvalue weighted by Crippen LogP contribution is -2.34. The van der Waals surface area contributed by atoms with E-state index < -0.39 is 5.91 Å².